The van der Waals surface area contributed by atoms with Crippen LogP contribution in [0.1, 0.15) is 35.5 Å². The third kappa shape index (κ3) is 5.46. The first-order chi connectivity index (χ1) is 12.0. The first-order valence-electron chi connectivity index (χ1n) is 8.23. The fourth-order valence-electron chi connectivity index (χ4n) is 2.37. The minimum atomic E-state index is -0.216. The molecule has 2 rings (SSSR count). The summed E-state index contributed by atoms with van der Waals surface area (Å²) in [4.78, 5) is 25.5. The number of carbonyl (C=O) groups is 2. The molecule has 0 bridgehead atoms. The minimum absolute atomic E-state index is 0.0433. The van der Waals surface area contributed by atoms with Crippen molar-refractivity contribution in [1.29, 1.82) is 0 Å². The smallest absolute Gasteiger partial charge is 0.258 e. The highest BCUT2D eigenvalue weighted by Crippen LogP contribution is 2.17. The molecule has 1 amide bonds. The monoisotopic (exact) mass is 344 g/mol. The third-order valence-corrected chi connectivity index (χ3v) is 3.85. The first-order valence-corrected chi connectivity index (χ1v) is 8.23. The number of nitrogens with one attached hydrogen (secondary N) is 1. The van der Waals surface area contributed by atoms with Crippen LogP contribution >= 0.6 is 0 Å². The van der Waals surface area contributed by atoms with Gasteiger partial charge in [-0.2, -0.15) is 0 Å². The Kier molecular flexibility index (Phi) is 6.77. The highest BCUT2D eigenvalue weighted by atomic mass is 16.5. The number of ketones is 1. The summed E-state index contributed by atoms with van der Waals surface area (Å²) in [5, 5.41) is 2.84. The highest BCUT2D eigenvalue weighted by Gasteiger charge is 2.17. The van der Waals surface area contributed by atoms with Crippen molar-refractivity contribution >= 4 is 11.7 Å². The molecule has 0 fully saturated rings. The Morgan fingerprint density at radius 3 is 2.48 bits per heavy atom. The Bertz CT molecular complexity index is 678. The molecular formula is C19H24N2O4. The summed E-state index contributed by atoms with van der Waals surface area (Å²) in [6, 6.07) is 10.5. The Labute approximate surface area is 147 Å². The zero-order chi connectivity index (χ0) is 18.2. The van der Waals surface area contributed by atoms with Gasteiger partial charge in [-0.15, -0.1) is 0 Å². The van der Waals surface area contributed by atoms with Crippen LogP contribution in [0.15, 0.2) is 47.1 Å². The van der Waals surface area contributed by atoms with Gasteiger partial charge in [0, 0.05) is 18.5 Å². The Morgan fingerprint density at radius 1 is 1.20 bits per heavy atom. The molecule has 2 aromatic rings. The number of benzene rings is 1. The van der Waals surface area contributed by atoms with Crippen LogP contribution in [0.5, 0.6) is 5.75 Å². The van der Waals surface area contributed by atoms with Crippen molar-refractivity contribution in [3.63, 3.8) is 0 Å². The molecule has 1 atom stereocenters. The number of nitrogens with zero attached hydrogens (tertiary/aromatic N) is 1. The van der Waals surface area contributed by atoms with Gasteiger partial charge in [-0.05, 0) is 50.5 Å². The van der Waals surface area contributed by atoms with Crippen molar-refractivity contribution in [1.82, 2.24) is 10.2 Å². The van der Waals surface area contributed by atoms with Gasteiger partial charge in [0.15, 0.2) is 12.4 Å². The minimum Gasteiger partial charge on any atom is -0.484 e. The summed E-state index contributed by atoms with van der Waals surface area (Å²) < 4.78 is 10.9. The SMILES string of the molecule is CCC(=O)c1ccc(OCC(=O)NCC(c2ccco2)N(C)C)cc1. The molecule has 1 aromatic heterocycles. The van der Waals surface area contributed by atoms with E-state index < -0.39 is 0 Å². The average molecular weight is 344 g/mol. The molecule has 0 aliphatic carbocycles. The first kappa shape index (κ1) is 18.7. The predicted octanol–water partition coefficient (Wildman–Crippen LogP) is 2.67. The topological polar surface area (TPSA) is 71.8 Å². The molecule has 25 heavy (non-hydrogen) atoms. The summed E-state index contributed by atoms with van der Waals surface area (Å²) in [5.74, 6) is 1.21. The number of rotatable bonds is 9. The zero-order valence-corrected chi connectivity index (χ0v) is 14.8. The van der Waals surface area contributed by atoms with Crippen molar-refractivity contribution in [3.8, 4) is 5.75 Å². The molecule has 0 saturated carbocycles. The summed E-state index contributed by atoms with van der Waals surface area (Å²) >= 11 is 0. The number of furan rings is 1. The van der Waals surface area contributed by atoms with Gasteiger partial charge in [-0.25, -0.2) is 0 Å². The second kappa shape index (κ2) is 9.03. The number of carbonyl (C=O) groups excluding carboxylic acids is 2. The van der Waals surface area contributed by atoms with Gasteiger partial charge in [0.25, 0.3) is 5.91 Å². The molecule has 0 saturated heterocycles. The van der Waals surface area contributed by atoms with Crippen molar-refractivity contribution in [2.24, 2.45) is 0 Å². The molecule has 0 aliphatic rings. The Hall–Kier alpha value is -2.60. The van der Waals surface area contributed by atoms with E-state index in [0.717, 1.165) is 5.76 Å². The lowest BCUT2D eigenvalue weighted by Crippen LogP contribution is -2.36. The van der Waals surface area contributed by atoms with E-state index in [4.69, 9.17) is 9.15 Å². The van der Waals surface area contributed by atoms with Crippen molar-refractivity contribution in [3.05, 3.63) is 54.0 Å². The van der Waals surface area contributed by atoms with Crippen molar-refractivity contribution in [2.75, 3.05) is 27.2 Å². The summed E-state index contributed by atoms with van der Waals surface area (Å²) in [6.45, 7) is 2.16. The van der Waals surface area contributed by atoms with E-state index in [1.54, 1.807) is 30.5 Å². The normalized spacial score (nSPS) is 12.0. The van der Waals surface area contributed by atoms with E-state index in [1.807, 2.05) is 38.1 Å². The van der Waals surface area contributed by atoms with Gasteiger partial charge in [0.1, 0.15) is 11.5 Å². The maximum Gasteiger partial charge on any atom is 0.258 e. The third-order valence-electron chi connectivity index (χ3n) is 3.85. The molecule has 1 unspecified atom stereocenters. The molecule has 6 heteroatoms. The second-order valence-corrected chi connectivity index (χ2v) is 5.89. The van der Waals surface area contributed by atoms with Gasteiger partial charge in [-0.3, -0.25) is 14.5 Å². The number of likely N-dealkylation sites (N-methyl/N-ethyl adjacent to an activating group) is 1. The molecule has 1 heterocycles. The summed E-state index contributed by atoms with van der Waals surface area (Å²) in [6.07, 6.45) is 2.08. The second-order valence-electron chi connectivity index (χ2n) is 5.89. The van der Waals surface area contributed by atoms with E-state index in [2.05, 4.69) is 5.32 Å². The summed E-state index contributed by atoms with van der Waals surface area (Å²) in [7, 11) is 3.85. The number of amides is 1. The summed E-state index contributed by atoms with van der Waals surface area (Å²) in [5.41, 5.74) is 0.645. The molecule has 1 aromatic carbocycles. The number of hydrogen-bond donors (Lipinski definition) is 1. The molecule has 0 aliphatic heterocycles. The highest BCUT2D eigenvalue weighted by molar-refractivity contribution is 5.95. The quantitative estimate of drug-likeness (QED) is 0.708. The van der Waals surface area contributed by atoms with Crippen LogP contribution in [0.2, 0.25) is 0 Å². The molecule has 0 radical (unpaired) electrons. The lowest BCUT2D eigenvalue weighted by molar-refractivity contribution is -0.123. The van der Waals surface area contributed by atoms with E-state index >= 15 is 0 Å². The van der Waals surface area contributed by atoms with Gasteiger partial charge in [-0.1, -0.05) is 6.92 Å². The van der Waals surface area contributed by atoms with Crippen LogP contribution in [0.25, 0.3) is 0 Å². The van der Waals surface area contributed by atoms with E-state index in [9.17, 15) is 9.59 Å². The fraction of sp³-hybridized carbons (Fsp3) is 0.368. The number of hydrogen-bond acceptors (Lipinski definition) is 5. The number of Topliss-reactive ketones (excluding diaryl/α,β-unsaturated/α-hetero) is 1. The van der Waals surface area contributed by atoms with Crippen LogP contribution in [0.3, 0.4) is 0 Å². The zero-order valence-electron chi connectivity index (χ0n) is 14.8. The van der Waals surface area contributed by atoms with Crippen LogP contribution in [-0.2, 0) is 4.79 Å². The molecular weight excluding hydrogens is 320 g/mol. The van der Waals surface area contributed by atoms with Crippen molar-refractivity contribution < 1.29 is 18.7 Å². The van der Waals surface area contributed by atoms with E-state index in [-0.39, 0.29) is 24.3 Å². The van der Waals surface area contributed by atoms with Gasteiger partial charge in [0.2, 0.25) is 0 Å². The van der Waals surface area contributed by atoms with Crippen LogP contribution in [0.4, 0.5) is 0 Å². The molecule has 0 spiro atoms. The van der Waals surface area contributed by atoms with Crippen molar-refractivity contribution in [2.45, 2.75) is 19.4 Å². The van der Waals surface area contributed by atoms with Crippen LogP contribution in [0, 0.1) is 0 Å². The van der Waals surface area contributed by atoms with E-state index in [0.29, 0.717) is 24.3 Å². The molecule has 134 valence electrons. The largest absolute Gasteiger partial charge is 0.484 e. The Morgan fingerprint density at radius 2 is 1.92 bits per heavy atom. The maximum absolute atomic E-state index is 12.0. The predicted molar refractivity (Wildman–Crippen MR) is 94.7 cm³/mol. The maximum atomic E-state index is 12.0. The lowest BCUT2D eigenvalue weighted by atomic mass is 10.1. The van der Waals surface area contributed by atoms with Crippen LogP contribution < -0.4 is 10.1 Å². The van der Waals surface area contributed by atoms with Gasteiger partial charge in [0.05, 0.1) is 12.3 Å². The molecule has 1 N–H and O–H groups in total. The fourth-order valence-corrected chi connectivity index (χ4v) is 2.37. The average Bonchev–Trinajstić information content (AvgIpc) is 3.14. The Balaban J connectivity index is 1.81. The van der Waals surface area contributed by atoms with Gasteiger partial charge >= 0.3 is 0 Å². The number of ether oxygens (including phenoxy) is 1. The van der Waals surface area contributed by atoms with Gasteiger partial charge < -0.3 is 14.5 Å². The lowest BCUT2D eigenvalue weighted by Gasteiger charge is -2.22. The van der Waals surface area contributed by atoms with E-state index in [1.165, 1.54) is 0 Å². The standard InChI is InChI=1S/C19H24N2O4/c1-4-17(22)14-7-9-15(10-8-14)25-13-19(23)20-12-16(21(2)3)18-6-5-11-24-18/h5-11,16H,4,12-13H2,1-3H3,(H,20,23). The van der Waals surface area contributed by atoms with Crippen LogP contribution in [-0.4, -0.2) is 43.8 Å². The molecule has 6 nitrogen and oxygen atoms in total.